The van der Waals surface area contributed by atoms with Crippen LogP contribution in [0.4, 0.5) is 10.5 Å². The molecule has 6 nitrogen and oxygen atoms in total. The number of nitrogens with one attached hydrogen (secondary N) is 2. The van der Waals surface area contributed by atoms with Crippen molar-refractivity contribution < 1.29 is 14.4 Å². The summed E-state index contributed by atoms with van der Waals surface area (Å²) in [5.41, 5.74) is 1.02. The number of carbonyl (C=O) groups excluding carboxylic acids is 3. The number of aryl methyl sites for hydroxylation is 1. The standard InChI is InChI=1S/C23H20BrN3O3/c1-14-12-16(10-11-19(14)24)25-20(28)13-27-21(29)23(2,26-22(27)30)18-9-5-7-15-6-3-4-8-17(15)18/h3-12H,13H2,1-2H3,(H,25,28)(H,26,30). The van der Waals surface area contributed by atoms with Crippen LogP contribution in [-0.4, -0.2) is 29.3 Å². The molecule has 1 atom stereocenters. The molecule has 0 spiro atoms. The van der Waals surface area contributed by atoms with Gasteiger partial charge < -0.3 is 10.6 Å². The minimum Gasteiger partial charge on any atom is -0.325 e. The van der Waals surface area contributed by atoms with E-state index < -0.39 is 23.4 Å². The summed E-state index contributed by atoms with van der Waals surface area (Å²) in [6.45, 7) is 3.22. The third-order valence-electron chi connectivity index (χ3n) is 5.35. The predicted octanol–water partition coefficient (Wildman–Crippen LogP) is 4.32. The third kappa shape index (κ3) is 3.45. The van der Waals surface area contributed by atoms with Crippen molar-refractivity contribution in [3.8, 4) is 0 Å². The number of halogens is 1. The van der Waals surface area contributed by atoms with Gasteiger partial charge in [-0.3, -0.25) is 14.5 Å². The van der Waals surface area contributed by atoms with Crippen LogP contribution >= 0.6 is 15.9 Å². The SMILES string of the molecule is Cc1cc(NC(=O)CN2C(=O)NC(C)(c3cccc4ccccc34)C2=O)ccc1Br. The third-order valence-corrected chi connectivity index (χ3v) is 6.24. The van der Waals surface area contributed by atoms with E-state index in [1.54, 1.807) is 13.0 Å². The molecule has 2 N–H and O–H groups in total. The van der Waals surface area contributed by atoms with Gasteiger partial charge in [0.1, 0.15) is 12.1 Å². The number of rotatable bonds is 4. The highest BCUT2D eigenvalue weighted by atomic mass is 79.9. The first-order valence-electron chi connectivity index (χ1n) is 9.48. The van der Waals surface area contributed by atoms with Gasteiger partial charge in [-0.05, 0) is 53.9 Å². The largest absolute Gasteiger partial charge is 0.325 e. The van der Waals surface area contributed by atoms with Crippen molar-refractivity contribution in [1.29, 1.82) is 0 Å². The number of benzene rings is 3. The molecule has 0 aliphatic carbocycles. The number of hydrogen-bond acceptors (Lipinski definition) is 3. The van der Waals surface area contributed by atoms with Crippen molar-refractivity contribution in [3.05, 3.63) is 76.3 Å². The van der Waals surface area contributed by atoms with Gasteiger partial charge in [0.2, 0.25) is 5.91 Å². The van der Waals surface area contributed by atoms with Crippen molar-refractivity contribution in [2.24, 2.45) is 0 Å². The monoisotopic (exact) mass is 465 g/mol. The molecule has 1 heterocycles. The summed E-state index contributed by atoms with van der Waals surface area (Å²) in [6.07, 6.45) is 0. The summed E-state index contributed by atoms with van der Waals surface area (Å²) in [5, 5.41) is 7.37. The van der Waals surface area contributed by atoms with E-state index in [-0.39, 0.29) is 6.54 Å². The molecule has 152 valence electrons. The van der Waals surface area contributed by atoms with E-state index in [9.17, 15) is 14.4 Å². The molecule has 1 aliphatic heterocycles. The predicted molar refractivity (Wildman–Crippen MR) is 119 cm³/mol. The summed E-state index contributed by atoms with van der Waals surface area (Å²) in [4.78, 5) is 39.3. The second-order valence-electron chi connectivity index (χ2n) is 7.49. The molecule has 1 unspecified atom stereocenters. The lowest BCUT2D eigenvalue weighted by atomic mass is 9.88. The highest BCUT2D eigenvalue weighted by molar-refractivity contribution is 9.10. The lowest BCUT2D eigenvalue weighted by molar-refractivity contribution is -0.133. The Morgan fingerprint density at radius 2 is 1.83 bits per heavy atom. The van der Waals surface area contributed by atoms with E-state index in [2.05, 4.69) is 26.6 Å². The van der Waals surface area contributed by atoms with Gasteiger partial charge in [-0.2, -0.15) is 0 Å². The van der Waals surface area contributed by atoms with Gasteiger partial charge in [0.15, 0.2) is 0 Å². The number of imide groups is 1. The fraction of sp³-hybridized carbons (Fsp3) is 0.174. The molecular weight excluding hydrogens is 446 g/mol. The second-order valence-corrected chi connectivity index (χ2v) is 8.34. The highest BCUT2D eigenvalue weighted by Gasteiger charge is 2.50. The van der Waals surface area contributed by atoms with Crippen LogP contribution in [0.2, 0.25) is 0 Å². The molecule has 0 saturated carbocycles. The van der Waals surface area contributed by atoms with Gasteiger partial charge in [0.05, 0.1) is 0 Å². The molecule has 30 heavy (non-hydrogen) atoms. The Kier molecular flexibility index (Phi) is 5.07. The molecule has 3 aromatic carbocycles. The number of amides is 4. The normalized spacial score (nSPS) is 18.6. The fourth-order valence-electron chi connectivity index (χ4n) is 3.75. The summed E-state index contributed by atoms with van der Waals surface area (Å²) in [7, 11) is 0. The Hall–Kier alpha value is -3.19. The zero-order chi connectivity index (χ0) is 21.5. The van der Waals surface area contributed by atoms with Crippen LogP contribution in [-0.2, 0) is 15.1 Å². The number of hydrogen-bond donors (Lipinski definition) is 2. The first kappa shape index (κ1) is 20.1. The summed E-state index contributed by atoms with van der Waals surface area (Å²) < 4.78 is 0.931. The van der Waals surface area contributed by atoms with Gasteiger partial charge in [0, 0.05) is 10.2 Å². The molecule has 0 radical (unpaired) electrons. The van der Waals surface area contributed by atoms with E-state index in [0.717, 1.165) is 25.7 Å². The average molecular weight is 466 g/mol. The van der Waals surface area contributed by atoms with E-state index in [0.29, 0.717) is 11.3 Å². The van der Waals surface area contributed by atoms with E-state index >= 15 is 0 Å². The molecule has 1 aliphatic rings. The van der Waals surface area contributed by atoms with Crippen molar-refractivity contribution in [2.75, 3.05) is 11.9 Å². The van der Waals surface area contributed by atoms with E-state index in [4.69, 9.17) is 0 Å². The minimum absolute atomic E-state index is 0.361. The Morgan fingerprint density at radius 1 is 1.10 bits per heavy atom. The van der Waals surface area contributed by atoms with Crippen molar-refractivity contribution in [1.82, 2.24) is 10.2 Å². The Bertz CT molecular complexity index is 1190. The maximum absolute atomic E-state index is 13.2. The van der Waals surface area contributed by atoms with Crippen molar-refractivity contribution >= 4 is 50.2 Å². The molecule has 0 bridgehead atoms. The Balaban J connectivity index is 1.57. The smallest absolute Gasteiger partial charge is 0.325 e. The van der Waals surface area contributed by atoms with Crippen molar-refractivity contribution in [3.63, 3.8) is 0 Å². The number of fused-ring (bicyclic) bond motifs is 1. The number of nitrogens with zero attached hydrogens (tertiary/aromatic N) is 1. The molecule has 3 aromatic rings. The van der Waals surface area contributed by atoms with E-state index in [1.807, 2.05) is 61.5 Å². The lowest BCUT2D eigenvalue weighted by Crippen LogP contribution is -2.42. The zero-order valence-electron chi connectivity index (χ0n) is 16.5. The van der Waals surface area contributed by atoms with Gasteiger partial charge >= 0.3 is 6.03 Å². The maximum atomic E-state index is 13.2. The summed E-state index contributed by atoms with van der Waals surface area (Å²) in [5.74, 6) is -0.895. The zero-order valence-corrected chi connectivity index (χ0v) is 18.1. The van der Waals surface area contributed by atoms with Crippen LogP contribution in [0.15, 0.2) is 65.1 Å². The van der Waals surface area contributed by atoms with Crippen LogP contribution in [0.1, 0.15) is 18.1 Å². The summed E-state index contributed by atoms with van der Waals surface area (Å²) in [6, 6.07) is 18.1. The second kappa shape index (κ2) is 7.57. The molecule has 1 saturated heterocycles. The highest BCUT2D eigenvalue weighted by Crippen LogP contribution is 2.33. The lowest BCUT2D eigenvalue weighted by Gasteiger charge is -2.24. The number of urea groups is 1. The topological polar surface area (TPSA) is 78.5 Å². The van der Waals surface area contributed by atoms with Gasteiger partial charge in [-0.15, -0.1) is 0 Å². The quantitative estimate of drug-likeness (QED) is 0.563. The van der Waals surface area contributed by atoms with Crippen LogP contribution in [0.5, 0.6) is 0 Å². The number of carbonyl (C=O) groups is 3. The Morgan fingerprint density at radius 3 is 2.60 bits per heavy atom. The van der Waals surface area contributed by atoms with Gasteiger partial charge in [-0.1, -0.05) is 58.4 Å². The molecule has 1 fully saturated rings. The molecule has 4 rings (SSSR count). The van der Waals surface area contributed by atoms with Crippen LogP contribution in [0.25, 0.3) is 10.8 Å². The van der Waals surface area contributed by atoms with Crippen LogP contribution < -0.4 is 10.6 Å². The van der Waals surface area contributed by atoms with Crippen LogP contribution in [0, 0.1) is 6.92 Å². The maximum Gasteiger partial charge on any atom is 0.325 e. The molecule has 0 aromatic heterocycles. The van der Waals surface area contributed by atoms with Gasteiger partial charge in [0.25, 0.3) is 5.91 Å². The van der Waals surface area contributed by atoms with Crippen molar-refractivity contribution in [2.45, 2.75) is 19.4 Å². The fourth-order valence-corrected chi connectivity index (χ4v) is 4.00. The minimum atomic E-state index is -1.24. The average Bonchev–Trinajstić information content (AvgIpc) is 2.94. The number of anilines is 1. The summed E-state index contributed by atoms with van der Waals surface area (Å²) >= 11 is 3.42. The first-order chi connectivity index (χ1) is 14.3. The molecular formula is C23H20BrN3O3. The van der Waals surface area contributed by atoms with Crippen LogP contribution in [0.3, 0.4) is 0 Å². The molecule has 7 heteroatoms. The van der Waals surface area contributed by atoms with E-state index in [1.165, 1.54) is 0 Å². The first-order valence-corrected chi connectivity index (χ1v) is 10.3. The molecule has 4 amide bonds. The Labute approximate surface area is 182 Å². The van der Waals surface area contributed by atoms with Gasteiger partial charge in [-0.25, -0.2) is 4.79 Å².